The van der Waals surface area contributed by atoms with Gasteiger partial charge in [0.15, 0.2) is 0 Å². The topological polar surface area (TPSA) is 34.1 Å². The molecule has 2 nitrogen and oxygen atoms in total. The molecular formula is C11H20O2. The van der Waals surface area contributed by atoms with Crippen molar-refractivity contribution in [2.75, 3.05) is 0 Å². The monoisotopic (exact) mass is 184 g/mol. The van der Waals surface area contributed by atoms with Crippen molar-refractivity contribution in [3.63, 3.8) is 0 Å². The van der Waals surface area contributed by atoms with E-state index in [2.05, 4.69) is 6.92 Å². The summed E-state index contributed by atoms with van der Waals surface area (Å²) < 4.78 is 0. The van der Waals surface area contributed by atoms with Crippen LogP contribution in [-0.4, -0.2) is 12.1 Å². The number of ketones is 1. The first kappa shape index (κ1) is 12.3. The van der Waals surface area contributed by atoms with Gasteiger partial charge < -0.3 is 4.79 Å². The summed E-state index contributed by atoms with van der Waals surface area (Å²) in [5.41, 5.74) is 0. The molecule has 0 amide bonds. The number of unbranched alkanes of at least 4 members (excludes halogenated alkanes) is 4. The summed E-state index contributed by atoms with van der Waals surface area (Å²) in [5.74, 6) is 0.318. The number of hydrogen-bond acceptors (Lipinski definition) is 2. The molecule has 0 aliphatic carbocycles. The number of carbonyl (C=O) groups excluding carboxylic acids is 2. The smallest absolute Gasteiger partial charge is 0.132 e. The summed E-state index contributed by atoms with van der Waals surface area (Å²) in [6.07, 6.45) is 8.05. The highest BCUT2D eigenvalue weighted by molar-refractivity contribution is 5.78. The SMILES string of the molecule is CCCCCCC(=O)CCCC=O. The maximum atomic E-state index is 11.2. The average molecular weight is 184 g/mol. The van der Waals surface area contributed by atoms with E-state index in [-0.39, 0.29) is 0 Å². The van der Waals surface area contributed by atoms with Crippen molar-refractivity contribution in [2.45, 2.75) is 58.3 Å². The Morgan fingerprint density at radius 1 is 1.08 bits per heavy atom. The molecule has 2 heteroatoms. The van der Waals surface area contributed by atoms with Crippen molar-refractivity contribution in [1.29, 1.82) is 0 Å². The van der Waals surface area contributed by atoms with Gasteiger partial charge in [0.05, 0.1) is 0 Å². The standard InChI is InChI=1S/C11H20O2/c1-2-3-4-5-8-11(13)9-6-7-10-12/h10H,2-9H2,1H3. The fourth-order valence-corrected chi connectivity index (χ4v) is 1.26. The van der Waals surface area contributed by atoms with E-state index in [0.29, 0.717) is 25.0 Å². The van der Waals surface area contributed by atoms with Crippen molar-refractivity contribution in [3.8, 4) is 0 Å². The minimum Gasteiger partial charge on any atom is -0.303 e. The first-order valence-electron chi connectivity index (χ1n) is 5.26. The van der Waals surface area contributed by atoms with E-state index in [0.717, 1.165) is 25.5 Å². The molecule has 0 heterocycles. The fraction of sp³-hybridized carbons (Fsp3) is 0.818. The molecule has 0 unspecified atom stereocenters. The van der Waals surface area contributed by atoms with E-state index < -0.39 is 0 Å². The molecule has 0 saturated carbocycles. The van der Waals surface area contributed by atoms with Gasteiger partial charge in [-0.25, -0.2) is 0 Å². The number of hydrogen-bond donors (Lipinski definition) is 0. The molecule has 0 saturated heterocycles. The first-order chi connectivity index (χ1) is 6.31. The molecule has 0 bridgehead atoms. The molecule has 0 radical (unpaired) electrons. The third kappa shape index (κ3) is 9.25. The molecule has 0 aromatic rings. The molecule has 0 aromatic carbocycles. The molecule has 13 heavy (non-hydrogen) atoms. The van der Waals surface area contributed by atoms with Gasteiger partial charge in [0, 0.05) is 19.3 Å². The molecular weight excluding hydrogens is 164 g/mol. The Labute approximate surface area is 80.7 Å². The van der Waals surface area contributed by atoms with Crippen LogP contribution in [0.4, 0.5) is 0 Å². The predicted octanol–water partition coefficient (Wildman–Crippen LogP) is 2.90. The minimum atomic E-state index is 0.318. The van der Waals surface area contributed by atoms with Crippen LogP contribution in [-0.2, 0) is 9.59 Å². The zero-order chi connectivity index (χ0) is 9.94. The van der Waals surface area contributed by atoms with Gasteiger partial charge >= 0.3 is 0 Å². The van der Waals surface area contributed by atoms with Crippen LogP contribution in [0, 0.1) is 0 Å². The Hall–Kier alpha value is -0.660. The summed E-state index contributed by atoms with van der Waals surface area (Å²) in [4.78, 5) is 21.1. The van der Waals surface area contributed by atoms with Crippen molar-refractivity contribution in [1.82, 2.24) is 0 Å². The Morgan fingerprint density at radius 3 is 2.38 bits per heavy atom. The van der Waals surface area contributed by atoms with Crippen molar-refractivity contribution in [3.05, 3.63) is 0 Å². The second-order valence-corrected chi connectivity index (χ2v) is 3.41. The molecule has 0 aliphatic heterocycles. The van der Waals surface area contributed by atoms with Crippen LogP contribution in [0.5, 0.6) is 0 Å². The minimum absolute atomic E-state index is 0.318. The van der Waals surface area contributed by atoms with Crippen molar-refractivity contribution >= 4 is 12.1 Å². The molecule has 76 valence electrons. The third-order valence-corrected chi connectivity index (χ3v) is 2.09. The van der Waals surface area contributed by atoms with Crippen LogP contribution < -0.4 is 0 Å². The van der Waals surface area contributed by atoms with Gasteiger partial charge in [-0.15, -0.1) is 0 Å². The summed E-state index contributed by atoms with van der Waals surface area (Å²) in [6.45, 7) is 2.16. The largest absolute Gasteiger partial charge is 0.303 e. The van der Waals surface area contributed by atoms with Crippen LogP contribution in [0.3, 0.4) is 0 Å². The van der Waals surface area contributed by atoms with Crippen LogP contribution >= 0.6 is 0 Å². The molecule has 0 aromatic heterocycles. The fourth-order valence-electron chi connectivity index (χ4n) is 1.26. The van der Waals surface area contributed by atoms with Gasteiger partial charge in [-0.1, -0.05) is 26.2 Å². The number of carbonyl (C=O) groups is 2. The van der Waals surface area contributed by atoms with E-state index in [1.165, 1.54) is 12.8 Å². The van der Waals surface area contributed by atoms with Crippen LogP contribution in [0.1, 0.15) is 58.3 Å². The van der Waals surface area contributed by atoms with E-state index >= 15 is 0 Å². The van der Waals surface area contributed by atoms with Crippen molar-refractivity contribution in [2.24, 2.45) is 0 Å². The zero-order valence-electron chi connectivity index (χ0n) is 8.55. The van der Waals surface area contributed by atoms with E-state index in [4.69, 9.17) is 0 Å². The Kier molecular flexibility index (Phi) is 8.95. The molecule has 0 fully saturated rings. The van der Waals surface area contributed by atoms with E-state index in [1.54, 1.807) is 0 Å². The van der Waals surface area contributed by atoms with Gasteiger partial charge in [0.2, 0.25) is 0 Å². The molecule has 0 aliphatic rings. The third-order valence-electron chi connectivity index (χ3n) is 2.09. The van der Waals surface area contributed by atoms with Crippen LogP contribution in [0.15, 0.2) is 0 Å². The van der Waals surface area contributed by atoms with Gasteiger partial charge in [-0.2, -0.15) is 0 Å². The highest BCUT2D eigenvalue weighted by atomic mass is 16.1. The lowest BCUT2D eigenvalue weighted by molar-refractivity contribution is -0.119. The lowest BCUT2D eigenvalue weighted by Crippen LogP contribution is -1.97. The van der Waals surface area contributed by atoms with Crippen LogP contribution in [0.2, 0.25) is 0 Å². The van der Waals surface area contributed by atoms with Gasteiger partial charge in [-0.3, -0.25) is 4.79 Å². The number of rotatable bonds is 9. The first-order valence-corrected chi connectivity index (χ1v) is 5.26. The Morgan fingerprint density at radius 2 is 1.77 bits per heavy atom. The Bertz CT molecular complexity index is 141. The summed E-state index contributed by atoms with van der Waals surface area (Å²) in [5, 5.41) is 0. The molecule has 0 N–H and O–H groups in total. The van der Waals surface area contributed by atoms with Crippen molar-refractivity contribution < 1.29 is 9.59 Å². The van der Waals surface area contributed by atoms with Gasteiger partial charge in [-0.05, 0) is 12.8 Å². The molecule has 0 atom stereocenters. The highest BCUT2D eigenvalue weighted by Gasteiger charge is 2.00. The van der Waals surface area contributed by atoms with E-state index in [1.807, 2.05) is 0 Å². The maximum Gasteiger partial charge on any atom is 0.132 e. The zero-order valence-corrected chi connectivity index (χ0v) is 8.55. The second kappa shape index (κ2) is 9.43. The predicted molar refractivity (Wildman–Crippen MR) is 53.7 cm³/mol. The van der Waals surface area contributed by atoms with Crippen LogP contribution in [0.25, 0.3) is 0 Å². The summed E-state index contributed by atoms with van der Waals surface area (Å²) in [6, 6.07) is 0. The maximum absolute atomic E-state index is 11.2. The number of aldehydes is 1. The summed E-state index contributed by atoms with van der Waals surface area (Å²) in [7, 11) is 0. The molecule has 0 rings (SSSR count). The normalized spacial score (nSPS) is 9.92. The summed E-state index contributed by atoms with van der Waals surface area (Å²) >= 11 is 0. The second-order valence-electron chi connectivity index (χ2n) is 3.41. The average Bonchev–Trinajstić information content (AvgIpc) is 2.13. The molecule has 0 spiro atoms. The van der Waals surface area contributed by atoms with Gasteiger partial charge in [0.25, 0.3) is 0 Å². The quantitative estimate of drug-likeness (QED) is 0.408. The van der Waals surface area contributed by atoms with E-state index in [9.17, 15) is 9.59 Å². The van der Waals surface area contributed by atoms with Gasteiger partial charge in [0.1, 0.15) is 12.1 Å². The lowest BCUT2D eigenvalue weighted by atomic mass is 10.1. The highest BCUT2D eigenvalue weighted by Crippen LogP contribution is 2.06. The lowest BCUT2D eigenvalue weighted by Gasteiger charge is -1.98. The Balaban J connectivity index is 3.15. The number of Topliss-reactive ketones (excluding diaryl/α,β-unsaturated/α-hetero) is 1.